The number of carbonyl (C=O) groups is 1. The van der Waals surface area contributed by atoms with Crippen LogP contribution >= 0.6 is 0 Å². The van der Waals surface area contributed by atoms with Gasteiger partial charge in [0, 0.05) is 0 Å². The summed E-state index contributed by atoms with van der Waals surface area (Å²) in [6.45, 7) is 3.58. The molecule has 0 fully saturated rings. The monoisotopic (exact) mass is 276 g/mol. The third-order valence-electron chi connectivity index (χ3n) is 2.79. The lowest BCUT2D eigenvalue weighted by atomic mass is 10.1. The van der Waals surface area contributed by atoms with Gasteiger partial charge in [-0.1, -0.05) is 24.3 Å². The Morgan fingerprint density at radius 3 is 2.75 bits per heavy atom. The van der Waals surface area contributed by atoms with Crippen LogP contribution in [0.3, 0.4) is 0 Å². The summed E-state index contributed by atoms with van der Waals surface area (Å²) in [7, 11) is 2.83. The number of methoxy groups -OCH3 is 2. The number of rotatable bonds is 7. The SMILES string of the molecule is C=CCC(O)C/C=C/c1ccc(OC)c(C(=O)OC)c1. The lowest BCUT2D eigenvalue weighted by Crippen LogP contribution is -2.04. The van der Waals surface area contributed by atoms with Crippen LogP contribution in [0.1, 0.15) is 28.8 Å². The van der Waals surface area contributed by atoms with Crippen LogP contribution in [0.25, 0.3) is 6.08 Å². The standard InChI is InChI=1S/C16H20O4/c1-4-6-13(17)8-5-7-12-9-10-15(19-2)14(11-12)16(18)20-3/h4-5,7,9-11,13,17H,1,6,8H2,2-3H3/b7-5+. The van der Waals surface area contributed by atoms with Gasteiger partial charge in [0.15, 0.2) is 0 Å². The van der Waals surface area contributed by atoms with E-state index in [1.807, 2.05) is 18.2 Å². The van der Waals surface area contributed by atoms with Crippen molar-refractivity contribution in [1.82, 2.24) is 0 Å². The number of ether oxygens (including phenoxy) is 2. The third-order valence-corrected chi connectivity index (χ3v) is 2.79. The van der Waals surface area contributed by atoms with Crippen molar-refractivity contribution in [1.29, 1.82) is 0 Å². The summed E-state index contributed by atoms with van der Waals surface area (Å²) in [6, 6.07) is 5.24. The van der Waals surface area contributed by atoms with E-state index in [9.17, 15) is 9.90 Å². The van der Waals surface area contributed by atoms with Gasteiger partial charge in [0.2, 0.25) is 0 Å². The molecule has 1 aromatic rings. The summed E-state index contributed by atoms with van der Waals surface area (Å²) in [5.74, 6) is 0.0319. The van der Waals surface area contributed by atoms with Crippen molar-refractivity contribution in [3.8, 4) is 5.75 Å². The number of hydrogen-bond donors (Lipinski definition) is 1. The van der Waals surface area contributed by atoms with Crippen LogP contribution in [0.5, 0.6) is 5.75 Å². The lowest BCUT2D eigenvalue weighted by Gasteiger charge is -2.07. The van der Waals surface area contributed by atoms with Crippen LogP contribution < -0.4 is 4.74 Å². The van der Waals surface area contributed by atoms with Crippen LogP contribution in [0.15, 0.2) is 36.9 Å². The van der Waals surface area contributed by atoms with Crippen LogP contribution in [-0.4, -0.2) is 31.4 Å². The summed E-state index contributed by atoms with van der Waals surface area (Å²) in [5, 5.41) is 9.57. The highest BCUT2D eigenvalue weighted by Crippen LogP contribution is 2.21. The lowest BCUT2D eigenvalue weighted by molar-refractivity contribution is 0.0597. The first kappa shape index (κ1) is 16.0. The molecule has 1 rings (SSSR count). The van der Waals surface area contributed by atoms with Crippen LogP contribution in [0.2, 0.25) is 0 Å². The van der Waals surface area contributed by atoms with E-state index in [4.69, 9.17) is 9.47 Å². The zero-order chi connectivity index (χ0) is 15.0. The maximum atomic E-state index is 11.6. The molecule has 0 bridgehead atoms. The molecule has 0 aromatic heterocycles. The van der Waals surface area contributed by atoms with Gasteiger partial charge in [-0.15, -0.1) is 6.58 Å². The molecule has 4 heteroatoms. The smallest absolute Gasteiger partial charge is 0.341 e. The minimum absolute atomic E-state index is 0.379. The Morgan fingerprint density at radius 2 is 2.15 bits per heavy atom. The molecule has 108 valence electrons. The Hall–Kier alpha value is -2.07. The van der Waals surface area contributed by atoms with Gasteiger partial charge in [0.25, 0.3) is 0 Å². The summed E-state index contributed by atoms with van der Waals surface area (Å²) in [6.07, 6.45) is 6.05. The second-order valence-corrected chi connectivity index (χ2v) is 4.27. The molecule has 1 atom stereocenters. The van der Waals surface area contributed by atoms with Gasteiger partial charge >= 0.3 is 5.97 Å². The Kier molecular flexibility index (Phi) is 6.53. The predicted octanol–water partition coefficient (Wildman–Crippen LogP) is 2.82. The van der Waals surface area contributed by atoms with Crippen molar-refractivity contribution in [2.24, 2.45) is 0 Å². The molecule has 0 amide bonds. The summed E-state index contributed by atoms with van der Waals surface area (Å²) < 4.78 is 9.84. The number of aliphatic hydroxyl groups is 1. The summed E-state index contributed by atoms with van der Waals surface area (Å²) >= 11 is 0. The first-order valence-electron chi connectivity index (χ1n) is 6.34. The van der Waals surface area contributed by atoms with Crippen LogP contribution in [-0.2, 0) is 4.74 Å². The molecule has 4 nitrogen and oxygen atoms in total. The van der Waals surface area contributed by atoms with Crippen molar-refractivity contribution in [2.75, 3.05) is 14.2 Å². The molecule has 0 spiro atoms. The number of esters is 1. The zero-order valence-corrected chi connectivity index (χ0v) is 11.8. The molecular weight excluding hydrogens is 256 g/mol. The molecule has 1 unspecified atom stereocenters. The number of benzene rings is 1. The van der Waals surface area contributed by atoms with Gasteiger partial charge in [-0.3, -0.25) is 0 Å². The molecule has 0 saturated carbocycles. The molecule has 0 radical (unpaired) electrons. The van der Waals surface area contributed by atoms with E-state index in [2.05, 4.69) is 6.58 Å². The molecule has 0 aliphatic heterocycles. The van der Waals surface area contributed by atoms with Crippen LogP contribution in [0.4, 0.5) is 0 Å². The van der Waals surface area contributed by atoms with Gasteiger partial charge in [-0.05, 0) is 30.5 Å². The first-order chi connectivity index (χ1) is 9.62. The van der Waals surface area contributed by atoms with Gasteiger partial charge in [0.05, 0.1) is 20.3 Å². The third kappa shape index (κ3) is 4.55. The normalized spacial score (nSPS) is 12.2. The largest absolute Gasteiger partial charge is 0.496 e. The van der Waals surface area contributed by atoms with Crippen molar-refractivity contribution in [3.05, 3.63) is 48.1 Å². The highest BCUT2D eigenvalue weighted by Gasteiger charge is 2.12. The minimum Gasteiger partial charge on any atom is -0.496 e. The van der Waals surface area contributed by atoms with E-state index < -0.39 is 12.1 Å². The average Bonchev–Trinajstić information content (AvgIpc) is 2.46. The highest BCUT2D eigenvalue weighted by molar-refractivity contribution is 5.93. The Bertz CT molecular complexity index is 491. The molecule has 0 heterocycles. The van der Waals surface area contributed by atoms with E-state index >= 15 is 0 Å². The van der Waals surface area contributed by atoms with E-state index in [0.29, 0.717) is 24.2 Å². The quantitative estimate of drug-likeness (QED) is 0.614. The molecular formula is C16H20O4. The second kappa shape index (κ2) is 8.17. The Morgan fingerprint density at radius 1 is 1.40 bits per heavy atom. The minimum atomic E-state index is -0.441. The fourth-order valence-electron chi connectivity index (χ4n) is 1.75. The van der Waals surface area contributed by atoms with E-state index in [0.717, 1.165) is 5.56 Å². The number of hydrogen-bond acceptors (Lipinski definition) is 4. The van der Waals surface area contributed by atoms with E-state index in [1.54, 1.807) is 18.2 Å². The topological polar surface area (TPSA) is 55.8 Å². The molecule has 20 heavy (non-hydrogen) atoms. The number of carbonyl (C=O) groups excluding carboxylic acids is 1. The fourth-order valence-corrected chi connectivity index (χ4v) is 1.75. The summed E-state index contributed by atoms with van der Waals surface area (Å²) in [4.78, 5) is 11.6. The summed E-state index contributed by atoms with van der Waals surface area (Å²) in [5.41, 5.74) is 1.22. The van der Waals surface area contributed by atoms with Crippen molar-refractivity contribution < 1.29 is 19.4 Å². The van der Waals surface area contributed by atoms with Crippen molar-refractivity contribution in [2.45, 2.75) is 18.9 Å². The van der Waals surface area contributed by atoms with Crippen molar-refractivity contribution in [3.63, 3.8) is 0 Å². The van der Waals surface area contributed by atoms with Gasteiger partial charge in [0.1, 0.15) is 11.3 Å². The number of aliphatic hydroxyl groups excluding tert-OH is 1. The Labute approximate surface area is 119 Å². The van der Waals surface area contributed by atoms with Crippen molar-refractivity contribution >= 4 is 12.0 Å². The maximum absolute atomic E-state index is 11.6. The maximum Gasteiger partial charge on any atom is 0.341 e. The highest BCUT2D eigenvalue weighted by atomic mass is 16.5. The first-order valence-corrected chi connectivity index (χ1v) is 6.34. The molecule has 1 aromatic carbocycles. The molecule has 0 saturated heterocycles. The van der Waals surface area contributed by atoms with E-state index in [-0.39, 0.29) is 0 Å². The molecule has 0 aliphatic rings. The Balaban J connectivity index is 2.84. The molecule has 0 aliphatic carbocycles. The zero-order valence-electron chi connectivity index (χ0n) is 11.8. The fraction of sp³-hybridized carbons (Fsp3) is 0.312. The predicted molar refractivity (Wildman–Crippen MR) is 78.8 cm³/mol. The van der Waals surface area contributed by atoms with Gasteiger partial charge < -0.3 is 14.6 Å². The van der Waals surface area contributed by atoms with Gasteiger partial charge in [-0.2, -0.15) is 0 Å². The average molecular weight is 276 g/mol. The van der Waals surface area contributed by atoms with E-state index in [1.165, 1.54) is 14.2 Å². The van der Waals surface area contributed by atoms with Crippen LogP contribution in [0, 0.1) is 0 Å². The molecule has 1 N–H and O–H groups in total. The van der Waals surface area contributed by atoms with Gasteiger partial charge in [-0.25, -0.2) is 4.79 Å². The second-order valence-electron chi connectivity index (χ2n) is 4.27.